The predicted molar refractivity (Wildman–Crippen MR) is 162 cm³/mol. The first-order chi connectivity index (χ1) is 25.8. The smallest absolute Gasteiger partial charge is 0.399 e. The molecule has 0 bridgehead atoms. The first-order valence-electron chi connectivity index (χ1n) is 15.3. The van der Waals surface area contributed by atoms with Gasteiger partial charge in [0.2, 0.25) is 0 Å². The molecule has 0 radical (unpaired) electrons. The van der Waals surface area contributed by atoms with E-state index in [2.05, 4.69) is 14.2 Å². The van der Waals surface area contributed by atoms with Gasteiger partial charge >= 0.3 is 48.0 Å². The van der Waals surface area contributed by atoms with Gasteiger partial charge in [0, 0.05) is 6.08 Å². The van der Waals surface area contributed by atoms with Gasteiger partial charge in [-0.15, -0.1) is 0 Å². The third kappa shape index (κ3) is 7.56. The highest BCUT2D eigenvalue weighted by atomic mass is 19.4. The molecule has 1 fully saturated rings. The van der Waals surface area contributed by atoms with Crippen LogP contribution in [0.15, 0.2) is 115 Å². The summed E-state index contributed by atoms with van der Waals surface area (Å²) in [5, 5.41) is 0. The van der Waals surface area contributed by atoms with Crippen LogP contribution in [0.4, 0.5) is 74.6 Å². The quantitative estimate of drug-likeness (QED) is 0.111. The van der Waals surface area contributed by atoms with Crippen LogP contribution in [-0.4, -0.2) is 35.9 Å². The fraction of sp³-hybridized carbons (Fsp3) is 0.222. The molecule has 4 aromatic carbocycles. The number of alkyl halides is 12. The molecule has 56 heavy (non-hydrogen) atoms. The highest BCUT2D eigenvalue weighted by Crippen LogP contribution is 2.68. The zero-order valence-corrected chi connectivity index (χ0v) is 27.1. The highest BCUT2D eigenvalue weighted by molar-refractivity contribution is 5.51. The lowest BCUT2D eigenvalue weighted by Gasteiger charge is -2.55. The molecular weight excluding hydrogens is 803 g/mol. The van der Waals surface area contributed by atoms with Gasteiger partial charge in [0.15, 0.2) is 0 Å². The van der Waals surface area contributed by atoms with Crippen molar-refractivity contribution in [1.29, 1.82) is 0 Å². The SMILES string of the molecule is FC(F)=Cc1ccc(C(c2ccc(OC3(F)C(F)(F)C(F)(F)C3(F)Oc3ccc(C(c4ccc(OC(F)=C(F)F)cc4)C(F)(F)F)cc3)cc2)C(F)(F)F)cc1. The van der Waals surface area contributed by atoms with Crippen LogP contribution in [0.2, 0.25) is 0 Å². The molecule has 0 spiro atoms. The molecular formula is C36H19F17O3. The first-order valence-corrected chi connectivity index (χ1v) is 15.3. The maximum Gasteiger partial charge on any atom is 0.399 e. The van der Waals surface area contributed by atoms with Crippen molar-refractivity contribution in [2.45, 2.75) is 47.7 Å². The topological polar surface area (TPSA) is 27.7 Å². The molecule has 3 nitrogen and oxygen atoms in total. The van der Waals surface area contributed by atoms with E-state index in [0.717, 1.165) is 24.3 Å². The van der Waals surface area contributed by atoms with Gasteiger partial charge in [0.1, 0.15) is 29.1 Å². The second-order valence-electron chi connectivity index (χ2n) is 11.9. The van der Waals surface area contributed by atoms with Gasteiger partial charge < -0.3 is 14.2 Å². The molecule has 1 aliphatic carbocycles. The minimum Gasteiger partial charge on any atom is -0.447 e. The van der Waals surface area contributed by atoms with Gasteiger partial charge in [-0.2, -0.15) is 74.6 Å². The molecule has 300 valence electrons. The summed E-state index contributed by atoms with van der Waals surface area (Å²) < 4.78 is 250. The lowest BCUT2D eigenvalue weighted by Crippen LogP contribution is -2.89. The zero-order chi connectivity index (χ0) is 41.6. The maximum atomic E-state index is 15.8. The summed E-state index contributed by atoms with van der Waals surface area (Å²) in [7, 11) is 0. The first kappa shape index (κ1) is 41.7. The van der Waals surface area contributed by atoms with E-state index in [1.807, 2.05) is 0 Å². The molecule has 0 amide bonds. The molecule has 20 heteroatoms. The van der Waals surface area contributed by atoms with Crippen LogP contribution in [0.3, 0.4) is 0 Å². The summed E-state index contributed by atoms with van der Waals surface area (Å²) in [4.78, 5) is 0. The van der Waals surface area contributed by atoms with Gasteiger partial charge in [-0.1, -0.05) is 60.7 Å². The van der Waals surface area contributed by atoms with Gasteiger partial charge in [0.25, 0.3) is 6.08 Å². The van der Waals surface area contributed by atoms with Crippen LogP contribution in [0, 0.1) is 0 Å². The molecule has 4 aromatic rings. The van der Waals surface area contributed by atoms with E-state index in [9.17, 15) is 65.9 Å². The summed E-state index contributed by atoms with van der Waals surface area (Å²) >= 11 is 0. The van der Waals surface area contributed by atoms with Crippen LogP contribution in [-0.2, 0) is 0 Å². The van der Waals surface area contributed by atoms with Crippen molar-refractivity contribution in [3.63, 3.8) is 0 Å². The Kier molecular flexibility index (Phi) is 10.9. The normalized spacial score (nSPS) is 21.2. The van der Waals surface area contributed by atoms with Gasteiger partial charge in [-0.05, 0) is 64.2 Å². The van der Waals surface area contributed by atoms with Crippen molar-refractivity contribution in [3.8, 4) is 17.2 Å². The van der Waals surface area contributed by atoms with Crippen molar-refractivity contribution < 1.29 is 88.8 Å². The number of halogens is 17. The fourth-order valence-electron chi connectivity index (χ4n) is 5.71. The van der Waals surface area contributed by atoms with E-state index in [-0.39, 0.29) is 5.56 Å². The molecule has 4 atom stereocenters. The number of benzene rings is 4. The zero-order valence-electron chi connectivity index (χ0n) is 27.1. The molecule has 0 aromatic heterocycles. The Hall–Kier alpha value is -5.43. The van der Waals surface area contributed by atoms with Crippen molar-refractivity contribution in [3.05, 3.63) is 143 Å². The summed E-state index contributed by atoms with van der Waals surface area (Å²) in [6.07, 6.45) is -14.8. The van der Waals surface area contributed by atoms with E-state index < -0.39 is 105 Å². The highest BCUT2D eigenvalue weighted by Gasteiger charge is 3.03. The second-order valence-corrected chi connectivity index (χ2v) is 11.9. The summed E-state index contributed by atoms with van der Waals surface area (Å²) in [6.45, 7) is 0. The van der Waals surface area contributed by atoms with E-state index in [1.54, 1.807) is 0 Å². The van der Waals surface area contributed by atoms with Crippen LogP contribution >= 0.6 is 0 Å². The summed E-state index contributed by atoms with van der Waals surface area (Å²) in [6, 6.07) is 7.75. The third-order valence-corrected chi connectivity index (χ3v) is 8.33. The lowest BCUT2D eigenvalue weighted by atomic mass is 9.76. The molecule has 5 rings (SSSR count). The van der Waals surface area contributed by atoms with Crippen molar-refractivity contribution in [2.75, 3.05) is 0 Å². The average Bonchev–Trinajstić information content (AvgIpc) is 3.09. The molecule has 4 unspecified atom stereocenters. The molecule has 0 heterocycles. The Balaban J connectivity index is 1.39. The van der Waals surface area contributed by atoms with Gasteiger partial charge in [0.05, 0.1) is 0 Å². The minimum absolute atomic E-state index is 0.161. The number of rotatable bonds is 11. The molecule has 0 N–H and O–H groups in total. The summed E-state index contributed by atoms with van der Waals surface area (Å²) in [5.74, 6) is -31.0. The van der Waals surface area contributed by atoms with Gasteiger partial charge in [-0.3, -0.25) is 0 Å². The van der Waals surface area contributed by atoms with Crippen molar-refractivity contribution in [1.82, 2.24) is 0 Å². The third-order valence-electron chi connectivity index (χ3n) is 8.33. The molecule has 1 aliphatic rings. The van der Waals surface area contributed by atoms with Gasteiger partial charge in [-0.25, -0.2) is 0 Å². The molecule has 0 saturated heterocycles. The minimum atomic E-state index is -6.01. The standard InChI is InChI=1S/C36H19F17O3/c37-26(38)17-18-1-3-19(4-2-18)27(31(42,43)44)21-7-13-24(14-8-21)55-35(52)33(48,49)34(50,51)36(35,53)56-25-15-9-22(10-16-25)28(32(45,46)47)20-5-11-23(12-6-20)54-30(41)29(39)40/h1-17,27-28H. The fourth-order valence-corrected chi connectivity index (χ4v) is 5.71. The number of ether oxygens (including phenoxy) is 3. The second kappa shape index (κ2) is 14.6. The van der Waals surface area contributed by atoms with Crippen LogP contribution in [0.1, 0.15) is 39.7 Å². The van der Waals surface area contributed by atoms with Crippen LogP contribution in [0.25, 0.3) is 6.08 Å². The predicted octanol–water partition coefficient (Wildman–Crippen LogP) is 12.8. The van der Waals surface area contributed by atoms with E-state index in [4.69, 9.17) is 0 Å². The molecule has 1 saturated carbocycles. The van der Waals surface area contributed by atoms with Crippen LogP contribution < -0.4 is 14.2 Å². The van der Waals surface area contributed by atoms with Crippen LogP contribution in [0.5, 0.6) is 17.2 Å². The number of hydrogen-bond donors (Lipinski definition) is 0. The Morgan fingerprint density at radius 3 is 1.05 bits per heavy atom. The Labute approximate surface area is 303 Å². The van der Waals surface area contributed by atoms with E-state index in [0.29, 0.717) is 78.9 Å². The maximum absolute atomic E-state index is 15.8. The largest absolute Gasteiger partial charge is 0.447 e. The van der Waals surface area contributed by atoms with Crippen molar-refractivity contribution in [2.24, 2.45) is 0 Å². The van der Waals surface area contributed by atoms with E-state index in [1.165, 1.54) is 0 Å². The Morgan fingerprint density at radius 1 is 0.464 bits per heavy atom. The average molecular weight is 823 g/mol. The Morgan fingerprint density at radius 2 is 0.768 bits per heavy atom. The monoisotopic (exact) mass is 822 g/mol. The molecule has 0 aliphatic heterocycles. The van der Waals surface area contributed by atoms with E-state index >= 15 is 8.78 Å². The Bertz CT molecular complexity index is 2070. The van der Waals surface area contributed by atoms with Crippen molar-refractivity contribution >= 4 is 6.08 Å². The lowest BCUT2D eigenvalue weighted by molar-refractivity contribution is -0.527. The number of hydrogen-bond acceptors (Lipinski definition) is 3. The summed E-state index contributed by atoms with van der Waals surface area (Å²) in [5.41, 5.74) is -2.65.